The van der Waals surface area contributed by atoms with E-state index in [9.17, 15) is 9.18 Å². The number of hydrogen-bond donors (Lipinski definition) is 0. The molecule has 0 aliphatic heterocycles. The fourth-order valence-electron chi connectivity index (χ4n) is 1.60. The van der Waals surface area contributed by atoms with E-state index in [-0.39, 0.29) is 17.5 Å². The predicted molar refractivity (Wildman–Crippen MR) is 54.6 cm³/mol. The van der Waals surface area contributed by atoms with E-state index in [1.54, 1.807) is 19.1 Å². The molecule has 0 aliphatic rings. The molecule has 0 bridgehead atoms. The molecular formula is C12H15FO. The van der Waals surface area contributed by atoms with Gasteiger partial charge in [-0.2, -0.15) is 0 Å². The summed E-state index contributed by atoms with van der Waals surface area (Å²) in [7, 11) is 0. The molecule has 14 heavy (non-hydrogen) atoms. The molecule has 1 nitrogen and oxygen atoms in total. The average Bonchev–Trinajstić information content (AvgIpc) is 2.07. The number of carbonyl (C=O) groups is 1. The van der Waals surface area contributed by atoms with Crippen LogP contribution < -0.4 is 0 Å². The van der Waals surface area contributed by atoms with E-state index in [0.29, 0.717) is 18.4 Å². The van der Waals surface area contributed by atoms with Gasteiger partial charge in [-0.1, -0.05) is 25.1 Å². The molecule has 1 rings (SSSR count). The molecule has 1 atom stereocenters. The quantitative estimate of drug-likeness (QED) is 0.720. The van der Waals surface area contributed by atoms with E-state index in [0.717, 1.165) is 0 Å². The van der Waals surface area contributed by atoms with Crippen molar-refractivity contribution in [3.05, 3.63) is 35.6 Å². The molecule has 1 aromatic rings. The second kappa shape index (κ2) is 4.89. The first-order valence-electron chi connectivity index (χ1n) is 4.82. The molecular weight excluding hydrogens is 179 g/mol. The van der Waals surface area contributed by atoms with Gasteiger partial charge in [-0.3, -0.25) is 0 Å². The highest BCUT2D eigenvalue weighted by atomic mass is 19.1. The van der Waals surface area contributed by atoms with Gasteiger partial charge in [0.05, 0.1) is 0 Å². The standard InChI is InChI=1S/C12H15FO/c1-9(7-10(2)14)8-11-5-3-4-6-12(11)13/h3-6,9H,7-8H2,1-2H3. The Balaban J connectivity index is 2.60. The van der Waals surface area contributed by atoms with Crippen LogP contribution in [0.3, 0.4) is 0 Å². The zero-order valence-electron chi connectivity index (χ0n) is 8.59. The van der Waals surface area contributed by atoms with Gasteiger partial charge >= 0.3 is 0 Å². The number of ketones is 1. The first-order chi connectivity index (χ1) is 6.59. The topological polar surface area (TPSA) is 17.1 Å². The third kappa shape index (κ3) is 3.29. The lowest BCUT2D eigenvalue weighted by atomic mass is 9.96. The largest absolute Gasteiger partial charge is 0.300 e. The SMILES string of the molecule is CC(=O)CC(C)Cc1ccccc1F. The Morgan fingerprint density at radius 3 is 2.64 bits per heavy atom. The Morgan fingerprint density at radius 1 is 1.43 bits per heavy atom. The predicted octanol–water partition coefficient (Wildman–Crippen LogP) is 2.98. The van der Waals surface area contributed by atoms with Crippen LogP contribution in [0.1, 0.15) is 25.8 Å². The van der Waals surface area contributed by atoms with Gasteiger partial charge in [0.2, 0.25) is 0 Å². The lowest BCUT2D eigenvalue weighted by molar-refractivity contribution is -0.117. The van der Waals surface area contributed by atoms with Gasteiger partial charge in [-0.15, -0.1) is 0 Å². The molecule has 1 unspecified atom stereocenters. The maximum absolute atomic E-state index is 13.2. The highest BCUT2D eigenvalue weighted by molar-refractivity contribution is 5.75. The minimum atomic E-state index is -0.178. The highest BCUT2D eigenvalue weighted by Crippen LogP contribution is 2.14. The zero-order valence-corrected chi connectivity index (χ0v) is 8.59. The fraction of sp³-hybridized carbons (Fsp3) is 0.417. The lowest BCUT2D eigenvalue weighted by Crippen LogP contribution is -2.06. The van der Waals surface area contributed by atoms with Crippen molar-refractivity contribution in [3.8, 4) is 0 Å². The smallest absolute Gasteiger partial charge is 0.130 e. The molecule has 0 heterocycles. The summed E-state index contributed by atoms with van der Waals surface area (Å²) in [4.78, 5) is 10.8. The monoisotopic (exact) mass is 194 g/mol. The van der Waals surface area contributed by atoms with Gasteiger partial charge in [0.15, 0.2) is 0 Å². The van der Waals surface area contributed by atoms with E-state index >= 15 is 0 Å². The minimum Gasteiger partial charge on any atom is -0.300 e. The van der Waals surface area contributed by atoms with Crippen molar-refractivity contribution in [2.24, 2.45) is 5.92 Å². The van der Waals surface area contributed by atoms with Crippen LogP contribution >= 0.6 is 0 Å². The van der Waals surface area contributed by atoms with Crippen molar-refractivity contribution in [1.29, 1.82) is 0 Å². The Labute approximate surface area is 83.9 Å². The Hall–Kier alpha value is -1.18. The van der Waals surface area contributed by atoms with Crippen LogP contribution in [0.5, 0.6) is 0 Å². The summed E-state index contributed by atoms with van der Waals surface area (Å²) >= 11 is 0. The normalized spacial score (nSPS) is 12.5. The van der Waals surface area contributed by atoms with Crippen LogP contribution in [0.25, 0.3) is 0 Å². The third-order valence-corrected chi connectivity index (χ3v) is 2.16. The van der Waals surface area contributed by atoms with Crippen LogP contribution in [-0.2, 0) is 11.2 Å². The minimum absolute atomic E-state index is 0.161. The van der Waals surface area contributed by atoms with Crippen molar-refractivity contribution < 1.29 is 9.18 Å². The summed E-state index contributed by atoms with van der Waals surface area (Å²) in [5.74, 6) is 0.196. The molecule has 76 valence electrons. The molecule has 0 spiro atoms. The summed E-state index contributed by atoms with van der Waals surface area (Å²) in [6.45, 7) is 3.53. The number of hydrogen-bond acceptors (Lipinski definition) is 1. The van der Waals surface area contributed by atoms with Crippen LogP contribution in [0.2, 0.25) is 0 Å². The van der Waals surface area contributed by atoms with E-state index in [1.165, 1.54) is 6.07 Å². The van der Waals surface area contributed by atoms with Crippen molar-refractivity contribution in [2.45, 2.75) is 26.7 Å². The molecule has 1 aromatic carbocycles. The zero-order chi connectivity index (χ0) is 10.6. The highest BCUT2D eigenvalue weighted by Gasteiger charge is 2.08. The second-order valence-electron chi connectivity index (χ2n) is 3.81. The van der Waals surface area contributed by atoms with Gasteiger partial charge in [0, 0.05) is 6.42 Å². The van der Waals surface area contributed by atoms with Gasteiger partial charge < -0.3 is 4.79 Å². The Morgan fingerprint density at radius 2 is 2.07 bits per heavy atom. The van der Waals surface area contributed by atoms with E-state index < -0.39 is 0 Å². The van der Waals surface area contributed by atoms with Crippen molar-refractivity contribution in [3.63, 3.8) is 0 Å². The van der Waals surface area contributed by atoms with Crippen molar-refractivity contribution in [1.82, 2.24) is 0 Å². The van der Waals surface area contributed by atoms with Crippen LogP contribution in [-0.4, -0.2) is 5.78 Å². The number of rotatable bonds is 4. The van der Waals surface area contributed by atoms with Gasteiger partial charge in [0.1, 0.15) is 11.6 Å². The average molecular weight is 194 g/mol. The summed E-state index contributed by atoms with van der Waals surface area (Å²) in [6.07, 6.45) is 1.15. The fourth-order valence-corrected chi connectivity index (χ4v) is 1.60. The molecule has 0 aromatic heterocycles. The molecule has 0 amide bonds. The van der Waals surface area contributed by atoms with Crippen molar-refractivity contribution >= 4 is 5.78 Å². The maximum Gasteiger partial charge on any atom is 0.130 e. The van der Waals surface area contributed by atoms with Gasteiger partial charge in [0.25, 0.3) is 0 Å². The molecule has 0 saturated carbocycles. The Bertz CT molecular complexity index is 320. The van der Waals surface area contributed by atoms with E-state index in [2.05, 4.69) is 0 Å². The number of halogens is 1. The molecule has 0 radical (unpaired) electrons. The summed E-state index contributed by atoms with van der Waals surface area (Å²) in [5, 5.41) is 0. The number of carbonyl (C=O) groups excluding carboxylic acids is 1. The van der Waals surface area contributed by atoms with E-state index in [4.69, 9.17) is 0 Å². The summed E-state index contributed by atoms with van der Waals surface area (Å²) in [6, 6.07) is 6.72. The first kappa shape index (κ1) is 10.9. The van der Waals surface area contributed by atoms with Crippen molar-refractivity contribution in [2.75, 3.05) is 0 Å². The molecule has 0 aliphatic carbocycles. The second-order valence-corrected chi connectivity index (χ2v) is 3.81. The van der Waals surface area contributed by atoms with Crippen LogP contribution in [0.4, 0.5) is 4.39 Å². The first-order valence-corrected chi connectivity index (χ1v) is 4.82. The van der Waals surface area contributed by atoms with Crippen LogP contribution in [0, 0.1) is 11.7 Å². The molecule has 0 N–H and O–H groups in total. The van der Waals surface area contributed by atoms with Crippen LogP contribution in [0.15, 0.2) is 24.3 Å². The molecule has 2 heteroatoms. The lowest BCUT2D eigenvalue weighted by Gasteiger charge is -2.09. The van der Waals surface area contributed by atoms with Gasteiger partial charge in [-0.05, 0) is 30.9 Å². The summed E-state index contributed by atoms with van der Waals surface area (Å²) < 4.78 is 13.2. The molecule has 0 saturated heterocycles. The summed E-state index contributed by atoms with van der Waals surface area (Å²) in [5.41, 5.74) is 0.696. The number of Topliss-reactive ketones (excluding diaryl/α,β-unsaturated/α-hetero) is 1. The third-order valence-electron chi connectivity index (χ3n) is 2.16. The van der Waals surface area contributed by atoms with Gasteiger partial charge in [-0.25, -0.2) is 4.39 Å². The molecule has 0 fully saturated rings. The number of benzene rings is 1. The maximum atomic E-state index is 13.2. The van der Waals surface area contributed by atoms with E-state index in [1.807, 2.05) is 13.0 Å². The Kier molecular flexibility index (Phi) is 3.81.